The van der Waals surface area contributed by atoms with Crippen molar-refractivity contribution in [3.8, 4) is 0 Å². The van der Waals surface area contributed by atoms with Gasteiger partial charge in [0.05, 0.1) is 0 Å². The lowest BCUT2D eigenvalue weighted by Crippen LogP contribution is -2.42. The van der Waals surface area contributed by atoms with Gasteiger partial charge in [0.25, 0.3) is 5.91 Å². The van der Waals surface area contributed by atoms with Crippen LogP contribution in [0.3, 0.4) is 0 Å². The van der Waals surface area contributed by atoms with Crippen molar-refractivity contribution in [3.63, 3.8) is 0 Å². The van der Waals surface area contributed by atoms with Gasteiger partial charge in [-0.15, -0.1) is 0 Å². The Labute approximate surface area is 94.1 Å². The predicted molar refractivity (Wildman–Crippen MR) is 56.2 cm³/mol. The first-order valence-corrected chi connectivity index (χ1v) is 5.67. The number of hydrogen-bond acceptors (Lipinski definition) is 4. The highest BCUT2D eigenvalue weighted by molar-refractivity contribution is 5.88. The molecule has 2 aliphatic rings. The lowest BCUT2D eigenvalue weighted by Gasteiger charge is -2.22. The van der Waals surface area contributed by atoms with E-state index in [1.54, 1.807) is 0 Å². The van der Waals surface area contributed by atoms with E-state index in [-0.39, 0.29) is 18.4 Å². The van der Waals surface area contributed by atoms with Crippen molar-refractivity contribution in [3.05, 3.63) is 0 Å². The molecule has 2 rings (SSSR count). The van der Waals surface area contributed by atoms with Crippen molar-refractivity contribution in [2.24, 2.45) is 5.92 Å². The molecule has 0 bridgehead atoms. The Balaban J connectivity index is 1.72. The summed E-state index contributed by atoms with van der Waals surface area (Å²) in [6.45, 7) is 2.17. The zero-order valence-corrected chi connectivity index (χ0v) is 9.12. The van der Waals surface area contributed by atoms with E-state index in [0.717, 1.165) is 25.9 Å². The van der Waals surface area contributed by atoms with Crippen LogP contribution >= 0.6 is 0 Å². The number of hydroxylamine groups is 1. The molecule has 0 spiro atoms. The van der Waals surface area contributed by atoms with Gasteiger partial charge in [-0.2, -0.15) is 0 Å². The number of hydrogen-bond donors (Lipinski definition) is 3. The Kier molecular flexibility index (Phi) is 3.74. The minimum atomic E-state index is -0.519. The highest BCUT2D eigenvalue weighted by Crippen LogP contribution is 2.15. The van der Waals surface area contributed by atoms with Crippen LogP contribution in [0.4, 0.5) is 0 Å². The Morgan fingerprint density at radius 1 is 1.44 bits per heavy atom. The number of carbonyl (C=O) groups excluding carboxylic acids is 2. The average Bonchev–Trinajstić information content (AvgIpc) is 2.66. The van der Waals surface area contributed by atoms with Gasteiger partial charge in [0.1, 0.15) is 12.6 Å². The molecule has 0 saturated carbocycles. The van der Waals surface area contributed by atoms with E-state index < -0.39 is 6.04 Å². The SMILES string of the molecule is O=C(CC1CCNCC1)N[C@@H]1CONC1=O. The fourth-order valence-corrected chi connectivity index (χ4v) is 2.05. The van der Waals surface area contributed by atoms with Gasteiger partial charge in [-0.25, -0.2) is 5.48 Å². The fourth-order valence-electron chi connectivity index (χ4n) is 2.05. The topological polar surface area (TPSA) is 79.5 Å². The van der Waals surface area contributed by atoms with E-state index in [1.165, 1.54) is 0 Å². The summed E-state index contributed by atoms with van der Waals surface area (Å²) >= 11 is 0. The molecular weight excluding hydrogens is 210 g/mol. The molecular formula is C10H17N3O3. The van der Waals surface area contributed by atoms with Gasteiger partial charge in [-0.1, -0.05) is 0 Å². The second kappa shape index (κ2) is 5.27. The van der Waals surface area contributed by atoms with Crippen molar-refractivity contribution in [1.29, 1.82) is 0 Å². The van der Waals surface area contributed by atoms with Crippen molar-refractivity contribution < 1.29 is 14.4 Å². The Bertz CT molecular complexity index is 276. The van der Waals surface area contributed by atoms with Crippen LogP contribution in [-0.2, 0) is 14.4 Å². The molecule has 2 amide bonds. The fraction of sp³-hybridized carbons (Fsp3) is 0.800. The molecule has 0 aromatic carbocycles. The normalized spacial score (nSPS) is 26.5. The maximum absolute atomic E-state index is 11.6. The predicted octanol–water partition coefficient (Wildman–Crippen LogP) is -1.08. The molecule has 0 aromatic rings. The van der Waals surface area contributed by atoms with E-state index in [2.05, 4.69) is 16.1 Å². The summed E-state index contributed by atoms with van der Waals surface area (Å²) in [4.78, 5) is 27.5. The Hall–Kier alpha value is -1.14. The zero-order valence-electron chi connectivity index (χ0n) is 9.12. The summed E-state index contributed by atoms with van der Waals surface area (Å²) in [6.07, 6.45) is 2.56. The van der Waals surface area contributed by atoms with Crippen LogP contribution < -0.4 is 16.1 Å². The first kappa shape index (κ1) is 11.3. The highest BCUT2D eigenvalue weighted by atomic mass is 16.7. The molecule has 0 aromatic heterocycles. The molecule has 0 unspecified atom stereocenters. The van der Waals surface area contributed by atoms with Crippen molar-refractivity contribution in [2.75, 3.05) is 19.7 Å². The second-order valence-electron chi connectivity index (χ2n) is 4.29. The van der Waals surface area contributed by atoms with Crippen LogP contribution in [0.25, 0.3) is 0 Å². The van der Waals surface area contributed by atoms with E-state index in [9.17, 15) is 9.59 Å². The zero-order chi connectivity index (χ0) is 11.4. The maximum Gasteiger partial charge on any atom is 0.268 e. The third-order valence-corrected chi connectivity index (χ3v) is 3.01. The smallest absolute Gasteiger partial charge is 0.268 e. The molecule has 1 atom stereocenters. The van der Waals surface area contributed by atoms with E-state index >= 15 is 0 Å². The molecule has 6 nitrogen and oxygen atoms in total. The summed E-state index contributed by atoms with van der Waals surface area (Å²) in [5, 5.41) is 5.93. The van der Waals surface area contributed by atoms with Gasteiger partial charge in [-0.05, 0) is 31.8 Å². The lowest BCUT2D eigenvalue weighted by molar-refractivity contribution is -0.129. The van der Waals surface area contributed by atoms with Gasteiger partial charge < -0.3 is 10.6 Å². The van der Waals surface area contributed by atoms with Crippen LogP contribution in [-0.4, -0.2) is 37.6 Å². The summed E-state index contributed by atoms with van der Waals surface area (Å²) in [6, 6.07) is -0.519. The van der Waals surface area contributed by atoms with Crippen molar-refractivity contribution >= 4 is 11.8 Å². The van der Waals surface area contributed by atoms with Crippen molar-refractivity contribution in [1.82, 2.24) is 16.1 Å². The van der Waals surface area contributed by atoms with Crippen LogP contribution in [0.1, 0.15) is 19.3 Å². The molecule has 16 heavy (non-hydrogen) atoms. The minimum absolute atomic E-state index is 0.0578. The minimum Gasteiger partial charge on any atom is -0.342 e. The third-order valence-electron chi connectivity index (χ3n) is 3.01. The largest absolute Gasteiger partial charge is 0.342 e. The molecule has 2 heterocycles. The first-order valence-electron chi connectivity index (χ1n) is 5.67. The first-order chi connectivity index (χ1) is 7.75. The average molecular weight is 227 g/mol. The van der Waals surface area contributed by atoms with E-state index in [0.29, 0.717) is 12.3 Å². The third kappa shape index (κ3) is 2.93. The molecule has 3 N–H and O–H groups in total. The van der Waals surface area contributed by atoms with Gasteiger partial charge in [0, 0.05) is 6.42 Å². The highest BCUT2D eigenvalue weighted by Gasteiger charge is 2.27. The van der Waals surface area contributed by atoms with Crippen LogP contribution in [0, 0.1) is 5.92 Å². The number of nitrogens with one attached hydrogen (secondary N) is 3. The second-order valence-corrected chi connectivity index (χ2v) is 4.29. The number of rotatable bonds is 3. The van der Waals surface area contributed by atoms with Gasteiger partial charge >= 0.3 is 0 Å². The molecule has 2 fully saturated rings. The maximum atomic E-state index is 11.6. The van der Waals surface area contributed by atoms with Gasteiger partial charge in [0.2, 0.25) is 5.91 Å². The molecule has 0 aliphatic carbocycles. The van der Waals surface area contributed by atoms with E-state index in [4.69, 9.17) is 4.84 Å². The Morgan fingerprint density at radius 2 is 2.19 bits per heavy atom. The molecule has 0 radical (unpaired) electrons. The summed E-state index contributed by atoms with van der Waals surface area (Å²) in [7, 11) is 0. The quantitative estimate of drug-likeness (QED) is 0.573. The standard InChI is InChI=1S/C10H17N3O3/c14-9(5-7-1-3-11-4-2-7)12-8-6-16-13-10(8)15/h7-8,11H,1-6H2,(H,12,14)(H,13,15)/t8-/m1/s1. The Morgan fingerprint density at radius 3 is 2.81 bits per heavy atom. The number of amides is 2. The van der Waals surface area contributed by atoms with Gasteiger partial charge in [-0.3, -0.25) is 14.4 Å². The van der Waals surface area contributed by atoms with E-state index in [1.807, 2.05) is 0 Å². The summed E-state index contributed by atoms with van der Waals surface area (Å²) in [5.74, 6) is 0.114. The summed E-state index contributed by atoms with van der Waals surface area (Å²) in [5.41, 5.74) is 2.21. The molecule has 90 valence electrons. The molecule has 2 aliphatic heterocycles. The lowest BCUT2D eigenvalue weighted by atomic mass is 9.94. The number of carbonyl (C=O) groups is 2. The van der Waals surface area contributed by atoms with Crippen LogP contribution in [0.5, 0.6) is 0 Å². The molecule has 6 heteroatoms. The van der Waals surface area contributed by atoms with Gasteiger partial charge in [0.15, 0.2) is 0 Å². The monoisotopic (exact) mass is 227 g/mol. The number of piperidine rings is 1. The summed E-state index contributed by atoms with van der Waals surface area (Å²) < 4.78 is 0. The van der Waals surface area contributed by atoms with Crippen LogP contribution in [0.2, 0.25) is 0 Å². The van der Waals surface area contributed by atoms with Crippen molar-refractivity contribution in [2.45, 2.75) is 25.3 Å². The molecule has 2 saturated heterocycles. The van der Waals surface area contributed by atoms with Crippen LogP contribution in [0.15, 0.2) is 0 Å².